The van der Waals surface area contributed by atoms with Crippen LogP contribution in [0.15, 0.2) is 18.3 Å². The molecule has 0 bridgehead atoms. The Balaban J connectivity index is 1.77. The number of carbonyl (C=O) groups excluding carboxylic acids is 2. The van der Waals surface area contributed by atoms with Gasteiger partial charge in [0.05, 0.1) is 0 Å². The minimum absolute atomic E-state index is 0.163. The van der Waals surface area contributed by atoms with E-state index in [0.29, 0.717) is 29.7 Å². The number of nitrogens with zero attached hydrogens (tertiary/aromatic N) is 2. The fraction of sp³-hybridized carbons (Fsp3) is 0.611. The number of amides is 2. The summed E-state index contributed by atoms with van der Waals surface area (Å²) in [6, 6.07) is 3.17. The van der Waals surface area contributed by atoms with Gasteiger partial charge in [0.1, 0.15) is 10.8 Å². The molecule has 2 amide bonds. The van der Waals surface area contributed by atoms with Gasteiger partial charge < -0.3 is 15.0 Å². The monoisotopic (exact) mass is 367 g/mol. The number of halogens is 1. The average molecular weight is 368 g/mol. The fourth-order valence-electron chi connectivity index (χ4n) is 2.83. The highest BCUT2D eigenvalue weighted by Gasteiger charge is 2.27. The van der Waals surface area contributed by atoms with Gasteiger partial charge in [-0.1, -0.05) is 11.6 Å². The SMILES string of the molecule is CC(C)(C)OC(=O)N1CCCC(CCNC(=O)c2ccnc(Cl)c2)C1. The first-order valence-electron chi connectivity index (χ1n) is 8.62. The highest BCUT2D eigenvalue weighted by atomic mass is 35.5. The Morgan fingerprint density at radius 1 is 1.44 bits per heavy atom. The summed E-state index contributed by atoms with van der Waals surface area (Å²) < 4.78 is 5.44. The lowest BCUT2D eigenvalue weighted by Gasteiger charge is -2.34. The Labute approximate surface area is 153 Å². The molecule has 7 heteroatoms. The number of nitrogens with one attached hydrogen (secondary N) is 1. The maximum absolute atomic E-state index is 12.2. The van der Waals surface area contributed by atoms with Crippen LogP contribution in [0, 0.1) is 5.92 Å². The third kappa shape index (κ3) is 6.53. The number of hydrogen-bond acceptors (Lipinski definition) is 4. The summed E-state index contributed by atoms with van der Waals surface area (Å²) in [6.07, 6.45) is 4.09. The van der Waals surface area contributed by atoms with Crippen LogP contribution >= 0.6 is 11.6 Å². The molecule has 6 nitrogen and oxygen atoms in total. The van der Waals surface area contributed by atoms with Gasteiger partial charge in [-0.05, 0) is 58.1 Å². The van der Waals surface area contributed by atoms with Gasteiger partial charge in [0, 0.05) is 31.4 Å². The standard InChI is InChI=1S/C18H26ClN3O3/c1-18(2,3)25-17(24)22-10-4-5-13(12-22)6-8-21-16(23)14-7-9-20-15(19)11-14/h7,9,11,13H,4-6,8,10,12H2,1-3H3,(H,21,23). The lowest BCUT2D eigenvalue weighted by Crippen LogP contribution is -2.43. The Kier molecular flexibility index (Phi) is 6.64. The maximum Gasteiger partial charge on any atom is 0.410 e. The van der Waals surface area contributed by atoms with E-state index in [1.165, 1.54) is 6.20 Å². The Morgan fingerprint density at radius 3 is 2.88 bits per heavy atom. The molecule has 1 N–H and O–H groups in total. The summed E-state index contributed by atoms with van der Waals surface area (Å²) in [6.45, 7) is 7.57. The first kappa shape index (κ1) is 19.5. The van der Waals surface area contributed by atoms with Crippen LogP contribution in [0.5, 0.6) is 0 Å². The molecule has 0 radical (unpaired) electrons. The molecule has 1 aromatic rings. The highest BCUT2D eigenvalue weighted by molar-refractivity contribution is 6.29. The zero-order valence-corrected chi connectivity index (χ0v) is 15.8. The molecule has 1 saturated heterocycles. The van der Waals surface area contributed by atoms with Gasteiger partial charge in [-0.2, -0.15) is 0 Å². The number of piperidine rings is 1. The Bertz CT molecular complexity index is 616. The van der Waals surface area contributed by atoms with Gasteiger partial charge in [-0.3, -0.25) is 4.79 Å². The molecule has 1 aliphatic heterocycles. The number of rotatable bonds is 4. The van der Waals surface area contributed by atoms with Crippen LogP contribution in [-0.2, 0) is 4.74 Å². The summed E-state index contributed by atoms with van der Waals surface area (Å²) in [5, 5.41) is 3.19. The van der Waals surface area contributed by atoms with Crippen molar-refractivity contribution in [1.82, 2.24) is 15.2 Å². The van der Waals surface area contributed by atoms with Crippen LogP contribution < -0.4 is 5.32 Å². The number of pyridine rings is 1. The summed E-state index contributed by atoms with van der Waals surface area (Å²) in [4.78, 5) is 29.9. The lowest BCUT2D eigenvalue weighted by atomic mass is 9.95. The van der Waals surface area contributed by atoms with Crippen molar-refractivity contribution < 1.29 is 14.3 Å². The van der Waals surface area contributed by atoms with E-state index in [-0.39, 0.29) is 12.0 Å². The zero-order valence-electron chi connectivity index (χ0n) is 15.0. The van der Waals surface area contributed by atoms with Crippen LogP contribution in [0.3, 0.4) is 0 Å². The van der Waals surface area contributed by atoms with Crippen molar-refractivity contribution in [3.8, 4) is 0 Å². The summed E-state index contributed by atoms with van der Waals surface area (Å²) in [5.74, 6) is 0.201. The zero-order chi connectivity index (χ0) is 18.4. The van der Waals surface area contributed by atoms with E-state index < -0.39 is 5.60 Å². The lowest BCUT2D eigenvalue weighted by molar-refractivity contribution is 0.0161. The summed E-state index contributed by atoms with van der Waals surface area (Å²) in [5.41, 5.74) is 0.0168. The van der Waals surface area contributed by atoms with Gasteiger partial charge in [0.15, 0.2) is 0 Å². The molecule has 2 rings (SSSR count). The largest absolute Gasteiger partial charge is 0.444 e. The second-order valence-corrected chi connectivity index (χ2v) is 7.73. The molecule has 2 heterocycles. The second kappa shape index (κ2) is 8.52. The molecular formula is C18H26ClN3O3. The molecule has 1 unspecified atom stereocenters. The highest BCUT2D eigenvalue weighted by Crippen LogP contribution is 2.21. The van der Waals surface area contributed by atoms with Crippen LogP contribution in [0.1, 0.15) is 50.4 Å². The van der Waals surface area contributed by atoms with E-state index in [1.54, 1.807) is 17.0 Å². The average Bonchev–Trinajstić information content (AvgIpc) is 2.53. The first-order valence-corrected chi connectivity index (χ1v) is 9.00. The number of likely N-dealkylation sites (tertiary alicyclic amines) is 1. The van der Waals surface area contributed by atoms with Crippen molar-refractivity contribution in [2.45, 2.75) is 45.6 Å². The van der Waals surface area contributed by atoms with E-state index in [0.717, 1.165) is 25.8 Å². The molecule has 0 saturated carbocycles. The maximum atomic E-state index is 12.2. The van der Waals surface area contributed by atoms with E-state index in [4.69, 9.17) is 16.3 Å². The molecule has 25 heavy (non-hydrogen) atoms. The molecule has 1 aromatic heterocycles. The molecule has 1 aliphatic rings. The van der Waals surface area contributed by atoms with Crippen molar-refractivity contribution in [3.05, 3.63) is 29.0 Å². The normalized spacial score (nSPS) is 17.9. The number of ether oxygens (including phenoxy) is 1. The Hall–Kier alpha value is -1.82. The van der Waals surface area contributed by atoms with Crippen LogP contribution in [-0.4, -0.2) is 47.1 Å². The smallest absolute Gasteiger partial charge is 0.410 e. The molecule has 0 aromatic carbocycles. The van der Waals surface area contributed by atoms with Crippen LogP contribution in [0.4, 0.5) is 4.79 Å². The summed E-state index contributed by atoms with van der Waals surface area (Å²) in [7, 11) is 0. The Morgan fingerprint density at radius 2 is 2.20 bits per heavy atom. The van der Waals surface area contributed by atoms with Gasteiger partial charge in [-0.25, -0.2) is 9.78 Å². The third-order valence-electron chi connectivity index (χ3n) is 4.00. The molecule has 1 fully saturated rings. The van der Waals surface area contributed by atoms with E-state index >= 15 is 0 Å². The minimum Gasteiger partial charge on any atom is -0.444 e. The van der Waals surface area contributed by atoms with Crippen LogP contribution in [0.25, 0.3) is 0 Å². The molecule has 138 valence electrons. The number of hydrogen-bond donors (Lipinski definition) is 1. The van der Waals surface area contributed by atoms with Gasteiger partial charge in [0.25, 0.3) is 5.91 Å². The molecular weight excluding hydrogens is 342 g/mol. The predicted molar refractivity (Wildman–Crippen MR) is 96.7 cm³/mol. The fourth-order valence-corrected chi connectivity index (χ4v) is 3.00. The molecule has 0 aliphatic carbocycles. The van der Waals surface area contributed by atoms with Crippen molar-refractivity contribution >= 4 is 23.6 Å². The van der Waals surface area contributed by atoms with E-state index in [9.17, 15) is 9.59 Å². The van der Waals surface area contributed by atoms with E-state index in [1.807, 2.05) is 20.8 Å². The van der Waals surface area contributed by atoms with Crippen molar-refractivity contribution in [1.29, 1.82) is 0 Å². The topological polar surface area (TPSA) is 71.5 Å². The molecule has 1 atom stereocenters. The second-order valence-electron chi connectivity index (χ2n) is 7.35. The predicted octanol–water partition coefficient (Wildman–Crippen LogP) is 3.50. The van der Waals surface area contributed by atoms with Gasteiger partial charge >= 0.3 is 6.09 Å². The van der Waals surface area contributed by atoms with Crippen LogP contribution in [0.2, 0.25) is 5.15 Å². The quantitative estimate of drug-likeness (QED) is 0.827. The first-order chi connectivity index (χ1) is 11.7. The van der Waals surface area contributed by atoms with E-state index in [2.05, 4.69) is 10.3 Å². The van der Waals surface area contributed by atoms with Crippen molar-refractivity contribution in [3.63, 3.8) is 0 Å². The van der Waals surface area contributed by atoms with Gasteiger partial charge in [0.2, 0.25) is 0 Å². The molecule has 0 spiro atoms. The minimum atomic E-state index is -0.482. The number of carbonyl (C=O) groups is 2. The number of aromatic nitrogens is 1. The summed E-state index contributed by atoms with van der Waals surface area (Å²) >= 11 is 5.80. The van der Waals surface area contributed by atoms with Crippen molar-refractivity contribution in [2.75, 3.05) is 19.6 Å². The van der Waals surface area contributed by atoms with Crippen molar-refractivity contribution in [2.24, 2.45) is 5.92 Å². The van der Waals surface area contributed by atoms with Gasteiger partial charge in [-0.15, -0.1) is 0 Å². The third-order valence-corrected chi connectivity index (χ3v) is 4.20.